The highest BCUT2D eigenvalue weighted by molar-refractivity contribution is 5.69. The van der Waals surface area contributed by atoms with Crippen molar-refractivity contribution in [1.29, 1.82) is 0 Å². The van der Waals surface area contributed by atoms with Crippen LogP contribution in [0.4, 0.5) is 0 Å². The predicted octanol–water partition coefficient (Wildman–Crippen LogP) is 1.82. The first kappa shape index (κ1) is 12.1. The molecule has 0 spiro atoms. The van der Waals surface area contributed by atoms with E-state index in [1.54, 1.807) is 0 Å². The number of carbonyl (C=O) groups excluding carboxylic acids is 1. The second kappa shape index (κ2) is 5.32. The van der Waals surface area contributed by atoms with Crippen molar-refractivity contribution in [1.82, 2.24) is 4.90 Å². The maximum atomic E-state index is 11.0. The second-order valence-electron chi connectivity index (χ2n) is 4.69. The van der Waals surface area contributed by atoms with Gasteiger partial charge in [0.1, 0.15) is 0 Å². The Morgan fingerprint density at radius 2 is 2.24 bits per heavy atom. The highest BCUT2D eigenvalue weighted by atomic mass is 16.5. The van der Waals surface area contributed by atoms with Crippen LogP contribution in [0.15, 0.2) is 24.3 Å². The Kier molecular flexibility index (Phi) is 3.79. The van der Waals surface area contributed by atoms with Crippen LogP contribution in [0.1, 0.15) is 23.5 Å². The quantitative estimate of drug-likeness (QED) is 0.727. The van der Waals surface area contributed by atoms with Crippen molar-refractivity contribution in [3.05, 3.63) is 35.4 Å². The van der Waals surface area contributed by atoms with Gasteiger partial charge in [0.2, 0.25) is 0 Å². The predicted molar refractivity (Wildman–Crippen MR) is 67.0 cm³/mol. The van der Waals surface area contributed by atoms with E-state index in [0.29, 0.717) is 12.3 Å². The summed E-state index contributed by atoms with van der Waals surface area (Å²) in [5.74, 6) is 0.500. The Hall–Kier alpha value is -1.35. The van der Waals surface area contributed by atoms with Crippen LogP contribution >= 0.6 is 0 Å². The molecule has 3 nitrogen and oxygen atoms in total. The lowest BCUT2D eigenvalue weighted by Gasteiger charge is -2.33. The van der Waals surface area contributed by atoms with Gasteiger partial charge in [-0.15, -0.1) is 0 Å². The third kappa shape index (κ3) is 2.86. The first-order valence-electron chi connectivity index (χ1n) is 6.04. The SMILES string of the molecule is COC(=O)CCN(C)CC1Cc2ccccc21. The van der Waals surface area contributed by atoms with Crippen molar-refractivity contribution < 1.29 is 9.53 Å². The monoisotopic (exact) mass is 233 g/mol. The number of methoxy groups -OCH3 is 1. The molecule has 1 aromatic carbocycles. The molecule has 0 fully saturated rings. The molecule has 1 atom stereocenters. The first-order chi connectivity index (χ1) is 8.20. The lowest BCUT2D eigenvalue weighted by Crippen LogP contribution is -2.32. The molecule has 0 heterocycles. The van der Waals surface area contributed by atoms with E-state index in [0.717, 1.165) is 13.1 Å². The Bertz CT molecular complexity index is 403. The van der Waals surface area contributed by atoms with Gasteiger partial charge in [-0.1, -0.05) is 24.3 Å². The summed E-state index contributed by atoms with van der Waals surface area (Å²) in [6.07, 6.45) is 1.64. The van der Waals surface area contributed by atoms with Crippen molar-refractivity contribution in [2.45, 2.75) is 18.8 Å². The molecular formula is C14H19NO2. The molecule has 1 aliphatic carbocycles. The van der Waals surface area contributed by atoms with Crippen LogP contribution in [-0.4, -0.2) is 38.1 Å². The van der Waals surface area contributed by atoms with Gasteiger partial charge in [0.05, 0.1) is 13.5 Å². The molecule has 0 saturated heterocycles. The second-order valence-corrected chi connectivity index (χ2v) is 4.69. The van der Waals surface area contributed by atoms with Crippen LogP contribution in [-0.2, 0) is 16.0 Å². The van der Waals surface area contributed by atoms with Gasteiger partial charge >= 0.3 is 5.97 Å². The Balaban J connectivity index is 1.78. The molecule has 1 aromatic rings. The normalized spacial score (nSPS) is 17.5. The van der Waals surface area contributed by atoms with Crippen LogP contribution < -0.4 is 0 Å². The number of nitrogens with zero attached hydrogens (tertiary/aromatic N) is 1. The number of hydrogen-bond donors (Lipinski definition) is 0. The zero-order chi connectivity index (χ0) is 12.3. The van der Waals surface area contributed by atoms with Crippen LogP contribution in [0, 0.1) is 0 Å². The Labute approximate surface area is 102 Å². The van der Waals surface area contributed by atoms with Gasteiger partial charge in [0.25, 0.3) is 0 Å². The molecule has 92 valence electrons. The van der Waals surface area contributed by atoms with Crippen LogP contribution in [0.25, 0.3) is 0 Å². The molecule has 2 rings (SSSR count). The first-order valence-corrected chi connectivity index (χ1v) is 6.04. The fraction of sp³-hybridized carbons (Fsp3) is 0.500. The van der Waals surface area contributed by atoms with Crippen LogP contribution in [0.2, 0.25) is 0 Å². The molecule has 17 heavy (non-hydrogen) atoms. The van der Waals surface area contributed by atoms with Crippen molar-refractivity contribution >= 4 is 5.97 Å². The summed E-state index contributed by atoms with van der Waals surface area (Å²) in [5, 5.41) is 0. The van der Waals surface area contributed by atoms with E-state index in [2.05, 4.69) is 40.9 Å². The average Bonchev–Trinajstić information content (AvgIpc) is 2.33. The number of hydrogen-bond acceptors (Lipinski definition) is 3. The third-order valence-electron chi connectivity index (χ3n) is 3.42. The highest BCUT2D eigenvalue weighted by Gasteiger charge is 2.26. The number of ether oxygens (including phenoxy) is 1. The zero-order valence-corrected chi connectivity index (χ0v) is 10.5. The van der Waals surface area contributed by atoms with E-state index >= 15 is 0 Å². The van der Waals surface area contributed by atoms with Gasteiger partial charge in [-0.3, -0.25) is 4.79 Å². The van der Waals surface area contributed by atoms with Crippen LogP contribution in [0.5, 0.6) is 0 Å². The topological polar surface area (TPSA) is 29.5 Å². The Morgan fingerprint density at radius 3 is 2.94 bits per heavy atom. The van der Waals surface area contributed by atoms with E-state index in [1.807, 2.05) is 0 Å². The van der Waals surface area contributed by atoms with Gasteiger partial charge in [-0.05, 0) is 24.6 Å². The van der Waals surface area contributed by atoms with Gasteiger partial charge < -0.3 is 9.64 Å². The van der Waals surface area contributed by atoms with Gasteiger partial charge in [0.15, 0.2) is 0 Å². The summed E-state index contributed by atoms with van der Waals surface area (Å²) in [4.78, 5) is 13.2. The molecule has 0 bridgehead atoms. The molecule has 0 aromatic heterocycles. The summed E-state index contributed by atoms with van der Waals surface area (Å²) >= 11 is 0. The van der Waals surface area contributed by atoms with E-state index in [-0.39, 0.29) is 5.97 Å². The minimum atomic E-state index is -0.133. The molecular weight excluding hydrogens is 214 g/mol. The summed E-state index contributed by atoms with van der Waals surface area (Å²) in [7, 11) is 3.49. The standard InChI is InChI=1S/C14H19NO2/c1-15(8-7-14(16)17-2)10-12-9-11-5-3-4-6-13(11)12/h3-6,12H,7-10H2,1-2H3. The summed E-state index contributed by atoms with van der Waals surface area (Å²) < 4.78 is 4.64. The lowest BCUT2D eigenvalue weighted by molar-refractivity contribution is -0.140. The molecule has 1 aliphatic rings. The van der Waals surface area contributed by atoms with E-state index in [4.69, 9.17) is 0 Å². The van der Waals surface area contributed by atoms with Gasteiger partial charge in [0, 0.05) is 19.0 Å². The number of fused-ring (bicyclic) bond motifs is 1. The summed E-state index contributed by atoms with van der Waals surface area (Å²) in [6.45, 7) is 1.79. The molecule has 1 unspecified atom stereocenters. The van der Waals surface area contributed by atoms with Crippen molar-refractivity contribution in [2.75, 3.05) is 27.2 Å². The summed E-state index contributed by atoms with van der Waals surface area (Å²) in [5.41, 5.74) is 2.94. The molecule has 0 N–H and O–H groups in total. The van der Waals surface area contributed by atoms with E-state index < -0.39 is 0 Å². The van der Waals surface area contributed by atoms with Crippen molar-refractivity contribution in [3.8, 4) is 0 Å². The number of likely N-dealkylation sites (N-methyl/N-ethyl adjacent to an activating group) is 1. The van der Waals surface area contributed by atoms with E-state index in [1.165, 1.54) is 24.7 Å². The number of carbonyl (C=O) groups is 1. The minimum absolute atomic E-state index is 0.133. The van der Waals surface area contributed by atoms with Crippen LogP contribution in [0.3, 0.4) is 0 Å². The van der Waals surface area contributed by atoms with Gasteiger partial charge in [-0.25, -0.2) is 0 Å². The van der Waals surface area contributed by atoms with Crippen molar-refractivity contribution in [2.24, 2.45) is 0 Å². The number of rotatable bonds is 5. The smallest absolute Gasteiger partial charge is 0.306 e. The molecule has 0 amide bonds. The number of esters is 1. The lowest BCUT2D eigenvalue weighted by atomic mass is 9.77. The highest BCUT2D eigenvalue weighted by Crippen LogP contribution is 2.34. The maximum Gasteiger partial charge on any atom is 0.306 e. The van der Waals surface area contributed by atoms with Gasteiger partial charge in [-0.2, -0.15) is 0 Å². The largest absolute Gasteiger partial charge is 0.469 e. The minimum Gasteiger partial charge on any atom is -0.469 e. The molecule has 3 heteroatoms. The molecule has 0 radical (unpaired) electrons. The van der Waals surface area contributed by atoms with Crippen molar-refractivity contribution in [3.63, 3.8) is 0 Å². The zero-order valence-electron chi connectivity index (χ0n) is 10.5. The maximum absolute atomic E-state index is 11.0. The fourth-order valence-corrected chi connectivity index (χ4v) is 2.38. The summed E-state index contributed by atoms with van der Waals surface area (Å²) in [6, 6.07) is 8.59. The van der Waals surface area contributed by atoms with E-state index in [9.17, 15) is 4.79 Å². The fourth-order valence-electron chi connectivity index (χ4n) is 2.38. The average molecular weight is 233 g/mol. The molecule has 0 saturated carbocycles. The number of benzene rings is 1. The Morgan fingerprint density at radius 1 is 1.47 bits per heavy atom. The third-order valence-corrected chi connectivity index (χ3v) is 3.42. The molecule has 0 aliphatic heterocycles.